The normalized spacial score (nSPS) is 12.8. The van der Waals surface area contributed by atoms with E-state index in [1.54, 1.807) is 20.8 Å². The fourth-order valence-electron chi connectivity index (χ4n) is 2.05. The number of nitrogens with two attached hydrogens (primary N) is 1. The van der Waals surface area contributed by atoms with Crippen LogP contribution >= 0.6 is 12.4 Å². The molecule has 0 rings (SSSR count). The van der Waals surface area contributed by atoms with Crippen LogP contribution in [0, 0.1) is 0 Å². The summed E-state index contributed by atoms with van der Waals surface area (Å²) >= 11 is 0. The smallest absolute Gasteiger partial charge is 0.408 e. The zero-order valence-corrected chi connectivity index (χ0v) is 16.7. The Kier molecular flexibility index (Phi) is 12.9. The lowest BCUT2D eigenvalue weighted by Crippen LogP contribution is -2.43. The lowest BCUT2D eigenvalue weighted by molar-refractivity contribution is -0.139. The molecule has 0 saturated carbocycles. The average molecular weight is 381 g/mol. The fraction of sp³-hybridized carbons (Fsp3) is 0.812. The molecule has 0 unspecified atom stereocenters. The second-order valence-electron chi connectivity index (χ2n) is 6.45. The molecule has 1 amide bonds. The van der Waals surface area contributed by atoms with E-state index >= 15 is 0 Å². The highest BCUT2D eigenvalue weighted by Gasteiger charge is 2.23. The van der Waals surface area contributed by atoms with Crippen LogP contribution in [-0.4, -0.2) is 59.3 Å². The predicted molar refractivity (Wildman–Crippen MR) is 101 cm³/mol. The Morgan fingerprint density at radius 2 is 1.88 bits per heavy atom. The molecule has 0 heterocycles. The molecule has 0 fully saturated rings. The van der Waals surface area contributed by atoms with Crippen LogP contribution in [0.3, 0.4) is 0 Å². The number of rotatable bonds is 9. The SMILES string of the molecule is CCN=C(N)N(CC)CCCC[C@H](NC(=O)OC(C)(C)C)C(=O)O.Cl. The van der Waals surface area contributed by atoms with Gasteiger partial charge in [-0.1, -0.05) is 0 Å². The number of aliphatic carboxylic acids is 1. The molecular weight excluding hydrogens is 348 g/mol. The van der Waals surface area contributed by atoms with Gasteiger partial charge >= 0.3 is 12.1 Å². The van der Waals surface area contributed by atoms with E-state index in [9.17, 15) is 14.7 Å². The summed E-state index contributed by atoms with van der Waals surface area (Å²) < 4.78 is 5.08. The van der Waals surface area contributed by atoms with Gasteiger partial charge < -0.3 is 25.8 Å². The summed E-state index contributed by atoms with van der Waals surface area (Å²) in [6, 6.07) is -0.961. The fourth-order valence-corrected chi connectivity index (χ4v) is 2.05. The summed E-state index contributed by atoms with van der Waals surface area (Å²) in [5.74, 6) is -0.568. The van der Waals surface area contributed by atoms with E-state index in [1.165, 1.54) is 0 Å². The number of carboxylic acids is 1. The largest absolute Gasteiger partial charge is 0.480 e. The van der Waals surface area contributed by atoms with Crippen molar-refractivity contribution in [2.24, 2.45) is 10.7 Å². The first kappa shape index (κ1) is 25.5. The van der Waals surface area contributed by atoms with Crippen molar-refractivity contribution >= 4 is 30.4 Å². The third kappa shape index (κ3) is 12.3. The second kappa shape index (κ2) is 12.6. The van der Waals surface area contributed by atoms with Gasteiger partial charge in [-0.05, 0) is 53.9 Å². The second-order valence-corrected chi connectivity index (χ2v) is 6.45. The van der Waals surface area contributed by atoms with E-state index in [0.29, 0.717) is 31.9 Å². The van der Waals surface area contributed by atoms with Crippen LogP contribution in [0.1, 0.15) is 53.9 Å². The maximum absolute atomic E-state index is 11.7. The van der Waals surface area contributed by atoms with Gasteiger partial charge in [0.1, 0.15) is 11.6 Å². The van der Waals surface area contributed by atoms with E-state index in [1.807, 2.05) is 18.7 Å². The zero-order valence-electron chi connectivity index (χ0n) is 15.9. The Morgan fingerprint density at radius 3 is 2.32 bits per heavy atom. The Balaban J connectivity index is 0. The maximum Gasteiger partial charge on any atom is 0.408 e. The summed E-state index contributed by atoms with van der Waals surface area (Å²) in [7, 11) is 0. The van der Waals surface area contributed by atoms with Crippen molar-refractivity contribution in [1.29, 1.82) is 0 Å². The van der Waals surface area contributed by atoms with Crippen LogP contribution in [0.4, 0.5) is 4.79 Å². The molecule has 148 valence electrons. The molecule has 0 bridgehead atoms. The number of carbonyl (C=O) groups excluding carboxylic acids is 1. The quantitative estimate of drug-likeness (QED) is 0.320. The van der Waals surface area contributed by atoms with Gasteiger partial charge in [0.2, 0.25) is 0 Å². The first-order chi connectivity index (χ1) is 11.1. The molecule has 0 aromatic rings. The molecule has 8 nitrogen and oxygen atoms in total. The van der Waals surface area contributed by atoms with Gasteiger partial charge in [0, 0.05) is 19.6 Å². The van der Waals surface area contributed by atoms with E-state index < -0.39 is 23.7 Å². The number of alkyl carbamates (subject to hydrolysis) is 1. The van der Waals surface area contributed by atoms with Gasteiger partial charge in [0.25, 0.3) is 0 Å². The number of guanidine groups is 1. The molecule has 0 radical (unpaired) electrons. The van der Waals surface area contributed by atoms with Gasteiger partial charge in [-0.2, -0.15) is 0 Å². The first-order valence-electron chi connectivity index (χ1n) is 8.37. The zero-order chi connectivity index (χ0) is 18.8. The highest BCUT2D eigenvalue weighted by atomic mass is 35.5. The minimum absolute atomic E-state index is 0. The summed E-state index contributed by atoms with van der Waals surface area (Å²) in [5, 5.41) is 11.6. The van der Waals surface area contributed by atoms with Gasteiger partial charge in [0.15, 0.2) is 5.96 Å². The molecule has 0 aliphatic rings. The van der Waals surface area contributed by atoms with Crippen molar-refractivity contribution in [3.05, 3.63) is 0 Å². The predicted octanol–water partition coefficient (Wildman–Crippen LogP) is 2.21. The van der Waals surface area contributed by atoms with Crippen molar-refractivity contribution in [2.75, 3.05) is 19.6 Å². The number of ether oxygens (including phenoxy) is 1. The van der Waals surface area contributed by atoms with Crippen molar-refractivity contribution < 1.29 is 19.4 Å². The van der Waals surface area contributed by atoms with Crippen LogP contribution in [0.15, 0.2) is 4.99 Å². The number of halogens is 1. The lowest BCUT2D eigenvalue weighted by Gasteiger charge is -2.23. The minimum atomic E-state index is -1.07. The number of nitrogens with one attached hydrogen (secondary N) is 1. The Bertz CT molecular complexity index is 438. The molecule has 9 heteroatoms. The van der Waals surface area contributed by atoms with E-state index in [4.69, 9.17) is 10.5 Å². The van der Waals surface area contributed by atoms with Crippen LogP contribution in [0.2, 0.25) is 0 Å². The molecule has 0 spiro atoms. The van der Waals surface area contributed by atoms with Gasteiger partial charge in [0.05, 0.1) is 0 Å². The molecule has 0 aromatic carbocycles. The number of carbonyl (C=O) groups is 2. The summed E-state index contributed by atoms with van der Waals surface area (Å²) in [5.41, 5.74) is 5.20. The minimum Gasteiger partial charge on any atom is -0.480 e. The van der Waals surface area contributed by atoms with E-state index in [-0.39, 0.29) is 12.4 Å². The number of carboxylic acid groups (broad SMARTS) is 1. The highest BCUT2D eigenvalue weighted by molar-refractivity contribution is 5.85. The van der Waals surface area contributed by atoms with Crippen molar-refractivity contribution in [2.45, 2.75) is 65.5 Å². The summed E-state index contributed by atoms with van der Waals surface area (Å²) in [6.45, 7) is 11.2. The monoisotopic (exact) mass is 380 g/mol. The molecule has 0 saturated heterocycles. The third-order valence-corrected chi connectivity index (χ3v) is 3.19. The topological polar surface area (TPSA) is 117 Å². The Morgan fingerprint density at radius 1 is 1.28 bits per heavy atom. The molecule has 25 heavy (non-hydrogen) atoms. The molecule has 1 atom stereocenters. The number of hydrogen-bond acceptors (Lipinski definition) is 4. The molecule has 4 N–H and O–H groups in total. The van der Waals surface area contributed by atoms with E-state index in [0.717, 1.165) is 13.0 Å². The molecular formula is C16H33ClN4O4. The summed E-state index contributed by atoms with van der Waals surface area (Å²) in [6.07, 6.45) is 1.01. The average Bonchev–Trinajstić information content (AvgIpc) is 2.44. The van der Waals surface area contributed by atoms with E-state index in [2.05, 4.69) is 10.3 Å². The van der Waals surface area contributed by atoms with Crippen molar-refractivity contribution in [3.63, 3.8) is 0 Å². The number of amides is 1. The van der Waals surface area contributed by atoms with Crippen LogP contribution in [-0.2, 0) is 9.53 Å². The Hall–Kier alpha value is -1.70. The van der Waals surface area contributed by atoms with Crippen molar-refractivity contribution in [1.82, 2.24) is 10.2 Å². The highest BCUT2D eigenvalue weighted by Crippen LogP contribution is 2.09. The maximum atomic E-state index is 11.7. The molecule has 0 aromatic heterocycles. The van der Waals surface area contributed by atoms with Crippen LogP contribution in [0.5, 0.6) is 0 Å². The molecule has 0 aliphatic carbocycles. The van der Waals surface area contributed by atoms with Gasteiger partial charge in [-0.25, -0.2) is 9.59 Å². The standard InChI is InChI=1S/C16H32N4O4.ClH/c1-6-18-14(17)20(7-2)11-9-8-10-12(13(21)22)19-15(23)24-16(3,4)5;/h12H,6-11H2,1-5H3,(H2,17,18)(H,19,23)(H,21,22);1H/t12-;/m0./s1. The number of aliphatic imine (C=N–C) groups is 1. The molecule has 0 aliphatic heterocycles. The lowest BCUT2D eigenvalue weighted by atomic mass is 10.1. The van der Waals surface area contributed by atoms with Gasteiger partial charge in [-0.3, -0.25) is 4.99 Å². The first-order valence-corrected chi connectivity index (χ1v) is 8.37. The third-order valence-electron chi connectivity index (χ3n) is 3.19. The summed E-state index contributed by atoms with van der Waals surface area (Å²) in [4.78, 5) is 29.1. The number of nitrogens with zero attached hydrogens (tertiary/aromatic N) is 2. The van der Waals surface area contributed by atoms with Gasteiger partial charge in [-0.15, -0.1) is 12.4 Å². The van der Waals surface area contributed by atoms with Crippen LogP contribution in [0.25, 0.3) is 0 Å². The Labute approximate surface area is 156 Å². The number of hydrogen-bond donors (Lipinski definition) is 3. The van der Waals surface area contributed by atoms with Crippen molar-refractivity contribution in [3.8, 4) is 0 Å². The number of unbranched alkanes of at least 4 members (excludes halogenated alkanes) is 1. The van der Waals surface area contributed by atoms with Crippen LogP contribution < -0.4 is 11.1 Å².